The Labute approximate surface area is 105 Å². The Morgan fingerprint density at radius 3 is 2.61 bits per heavy atom. The maximum Gasteiger partial charge on any atom is 0.323 e. The standard InChI is InChI=1S/C12H15N3O3/c1-7-10(5-13-8(2)14-7)12(18)15(6-11(16)17)9-3-4-9/h5,9H,3-4,6H2,1-2H3,(H,16,17). The number of nitrogens with zero attached hydrogens (tertiary/aromatic N) is 3. The highest BCUT2D eigenvalue weighted by Crippen LogP contribution is 2.28. The second-order valence-electron chi connectivity index (χ2n) is 4.47. The molecule has 1 aliphatic rings. The molecule has 2 rings (SSSR count). The topological polar surface area (TPSA) is 83.4 Å². The molecule has 1 aromatic rings. The molecule has 96 valence electrons. The molecule has 0 spiro atoms. The Hall–Kier alpha value is -1.98. The number of aromatic nitrogens is 2. The third kappa shape index (κ3) is 2.64. The van der Waals surface area contributed by atoms with Crippen molar-refractivity contribution in [3.63, 3.8) is 0 Å². The van der Waals surface area contributed by atoms with Crippen molar-refractivity contribution in [1.29, 1.82) is 0 Å². The number of hydrogen-bond acceptors (Lipinski definition) is 4. The number of carbonyl (C=O) groups excluding carboxylic acids is 1. The van der Waals surface area contributed by atoms with Gasteiger partial charge in [-0.2, -0.15) is 0 Å². The van der Waals surface area contributed by atoms with Gasteiger partial charge in [0.2, 0.25) is 0 Å². The number of amides is 1. The van der Waals surface area contributed by atoms with Crippen molar-refractivity contribution in [2.75, 3.05) is 6.54 Å². The average molecular weight is 249 g/mol. The maximum absolute atomic E-state index is 12.3. The van der Waals surface area contributed by atoms with Crippen molar-refractivity contribution < 1.29 is 14.7 Å². The summed E-state index contributed by atoms with van der Waals surface area (Å²) in [6.07, 6.45) is 3.20. The van der Waals surface area contributed by atoms with Gasteiger partial charge < -0.3 is 10.0 Å². The summed E-state index contributed by atoms with van der Waals surface area (Å²) < 4.78 is 0. The zero-order chi connectivity index (χ0) is 13.3. The summed E-state index contributed by atoms with van der Waals surface area (Å²) in [5.74, 6) is -0.696. The molecule has 1 amide bonds. The molecular weight excluding hydrogens is 234 g/mol. The molecule has 0 aromatic carbocycles. The Kier molecular flexibility index (Phi) is 3.27. The lowest BCUT2D eigenvalue weighted by Gasteiger charge is -2.20. The van der Waals surface area contributed by atoms with Gasteiger partial charge in [-0.3, -0.25) is 9.59 Å². The van der Waals surface area contributed by atoms with E-state index in [9.17, 15) is 9.59 Å². The highest BCUT2D eigenvalue weighted by Gasteiger charge is 2.35. The van der Waals surface area contributed by atoms with E-state index in [1.807, 2.05) is 0 Å². The molecule has 0 aliphatic heterocycles. The van der Waals surface area contributed by atoms with Crippen LogP contribution in [0.2, 0.25) is 0 Å². The monoisotopic (exact) mass is 249 g/mol. The number of carboxylic acids is 1. The zero-order valence-electron chi connectivity index (χ0n) is 10.4. The van der Waals surface area contributed by atoms with Crippen LogP contribution in [0.3, 0.4) is 0 Å². The van der Waals surface area contributed by atoms with Gasteiger partial charge in [0.15, 0.2) is 0 Å². The van der Waals surface area contributed by atoms with Crippen LogP contribution in [0.4, 0.5) is 0 Å². The molecule has 0 radical (unpaired) electrons. The highest BCUT2D eigenvalue weighted by atomic mass is 16.4. The van der Waals surface area contributed by atoms with Crippen LogP contribution < -0.4 is 0 Å². The second kappa shape index (κ2) is 4.72. The zero-order valence-corrected chi connectivity index (χ0v) is 10.4. The Bertz CT molecular complexity index is 497. The summed E-state index contributed by atoms with van der Waals surface area (Å²) >= 11 is 0. The first-order valence-electron chi connectivity index (χ1n) is 5.82. The van der Waals surface area contributed by atoms with E-state index in [1.165, 1.54) is 11.1 Å². The first-order chi connectivity index (χ1) is 8.49. The quantitative estimate of drug-likeness (QED) is 0.852. The van der Waals surface area contributed by atoms with E-state index in [1.54, 1.807) is 13.8 Å². The molecule has 0 bridgehead atoms. The summed E-state index contributed by atoms with van der Waals surface area (Å²) in [4.78, 5) is 32.6. The number of hydrogen-bond donors (Lipinski definition) is 1. The van der Waals surface area contributed by atoms with Gasteiger partial charge in [0.1, 0.15) is 12.4 Å². The minimum atomic E-state index is -0.999. The molecule has 1 saturated carbocycles. The third-order valence-electron chi connectivity index (χ3n) is 2.88. The molecule has 1 N–H and O–H groups in total. The fourth-order valence-electron chi connectivity index (χ4n) is 1.85. The average Bonchev–Trinajstić information content (AvgIpc) is 3.08. The first kappa shape index (κ1) is 12.5. The van der Waals surface area contributed by atoms with Crippen molar-refractivity contribution >= 4 is 11.9 Å². The van der Waals surface area contributed by atoms with Gasteiger partial charge in [-0.15, -0.1) is 0 Å². The lowest BCUT2D eigenvalue weighted by Crippen LogP contribution is -2.38. The Morgan fingerprint density at radius 2 is 2.11 bits per heavy atom. The van der Waals surface area contributed by atoms with E-state index in [2.05, 4.69) is 9.97 Å². The number of rotatable bonds is 4. The lowest BCUT2D eigenvalue weighted by atomic mass is 10.2. The van der Waals surface area contributed by atoms with Gasteiger partial charge in [0.25, 0.3) is 5.91 Å². The van der Waals surface area contributed by atoms with Gasteiger partial charge in [0.05, 0.1) is 11.3 Å². The molecule has 0 unspecified atom stereocenters. The van der Waals surface area contributed by atoms with Crippen LogP contribution in [0.1, 0.15) is 34.7 Å². The smallest absolute Gasteiger partial charge is 0.323 e. The molecule has 1 aliphatic carbocycles. The number of carboxylic acid groups (broad SMARTS) is 1. The van der Waals surface area contributed by atoms with Crippen molar-refractivity contribution in [1.82, 2.24) is 14.9 Å². The van der Waals surface area contributed by atoms with Crippen LogP contribution >= 0.6 is 0 Å². The van der Waals surface area contributed by atoms with Crippen LogP contribution in [0.25, 0.3) is 0 Å². The summed E-state index contributed by atoms with van der Waals surface area (Å²) in [6.45, 7) is 3.21. The minimum absolute atomic E-state index is 0.0503. The molecule has 18 heavy (non-hydrogen) atoms. The van der Waals surface area contributed by atoms with E-state index in [0.29, 0.717) is 17.1 Å². The van der Waals surface area contributed by atoms with E-state index in [0.717, 1.165) is 12.8 Å². The second-order valence-corrected chi connectivity index (χ2v) is 4.47. The normalized spacial score (nSPS) is 14.3. The molecule has 0 atom stereocenters. The molecule has 1 fully saturated rings. The maximum atomic E-state index is 12.3. The van der Waals surface area contributed by atoms with E-state index in [4.69, 9.17) is 5.11 Å². The minimum Gasteiger partial charge on any atom is -0.480 e. The van der Waals surface area contributed by atoms with Crippen LogP contribution in [0.5, 0.6) is 0 Å². The number of aryl methyl sites for hydroxylation is 2. The van der Waals surface area contributed by atoms with Gasteiger partial charge in [0, 0.05) is 12.2 Å². The van der Waals surface area contributed by atoms with Crippen LogP contribution in [-0.2, 0) is 4.79 Å². The summed E-state index contributed by atoms with van der Waals surface area (Å²) in [5.41, 5.74) is 0.970. The predicted octanol–water partition coefficient (Wildman–Crippen LogP) is 0.783. The number of aliphatic carboxylic acids is 1. The van der Waals surface area contributed by atoms with Gasteiger partial charge in [-0.25, -0.2) is 9.97 Å². The third-order valence-corrected chi connectivity index (χ3v) is 2.88. The summed E-state index contributed by atoms with van der Waals surface area (Å²) in [7, 11) is 0. The van der Waals surface area contributed by atoms with Crippen molar-refractivity contribution in [2.45, 2.75) is 32.7 Å². The fraction of sp³-hybridized carbons (Fsp3) is 0.500. The van der Waals surface area contributed by atoms with Crippen molar-refractivity contribution in [3.8, 4) is 0 Å². The highest BCUT2D eigenvalue weighted by molar-refractivity contribution is 5.96. The summed E-state index contributed by atoms with van der Waals surface area (Å²) in [5, 5.41) is 8.84. The Balaban J connectivity index is 2.24. The molecule has 0 saturated heterocycles. The number of carbonyl (C=O) groups is 2. The molecule has 6 nitrogen and oxygen atoms in total. The summed E-state index contributed by atoms with van der Waals surface area (Å²) in [6, 6.07) is 0.0503. The predicted molar refractivity (Wildman–Crippen MR) is 63.2 cm³/mol. The largest absolute Gasteiger partial charge is 0.480 e. The van der Waals surface area contributed by atoms with Crippen LogP contribution in [-0.4, -0.2) is 44.4 Å². The van der Waals surface area contributed by atoms with E-state index in [-0.39, 0.29) is 18.5 Å². The first-order valence-corrected chi connectivity index (χ1v) is 5.82. The lowest BCUT2D eigenvalue weighted by molar-refractivity contribution is -0.137. The van der Waals surface area contributed by atoms with E-state index >= 15 is 0 Å². The molecule has 6 heteroatoms. The van der Waals surface area contributed by atoms with Gasteiger partial charge in [-0.1, -0.05) is 0 Å². The van der Waals surface area contributed by atoms with Crippen molar-refractivity contribution in [3.05, 3.63) is 23.3 Å². The Morgan fingerprint density at radius 1 is 1.44 bits per heavy atom. The SMILES string of the molecule is Cc1ncc(C(=O)N(CC(=O)O)C2CC2)c(C)n1. The van der Waals surface area contributed by atoms with Crippen LogP contribution in [0, 0.1) is 13.8 Å². The molecular formula is C12H15N3O3. The van der Waals surface area contributed by atoms with Gasteiger partial charge >= 0.3 is 5.97 Å². The molecule has 1 aromatic heterocycles. The van der Waals surface area contributed by atoms with Gasteiger partial charge in [-0.05, 0) is 26.7 Å². The van der Waals surface area contributed by atoms with Crippen LogP contribution in [0.15, 0.2) is 6.20 Å². The van der Waals surface area contributed by atoms with Crippen molar-refractivity contribution in [2.24, 2.45) is 0 Å². The van der Waals surface area contributed by atoms with E-state index < -0.39 is 5.97 Å². The molecule has 1 heterocycles. The fourth-order valence-corrected chi connectivity index (χ4v) is 1.85.